The third-order valence-corrected chi connectivity index (χ3v) is 2.61. The summed E-state index contributed by atoms with van der Waals surface area (Å²) in [5.41, 5.74) is 3.91. The van der Waals surface area contributed by atoms with Gasteiger partial charge in [0.25, 0.3) is 0 Å². The highest BCUT2D eigenvalue weighted by atomic mass is 16.1. The van der Waals surface area contributed by atoms with Gasteiger partial charge in [0.1, 0.15) is 0 Å². The molecule has 2 aromatic carbocycles. The van der Waals surface area contributed by atoms with E-state index in [4.69, 9.17) is 0 Å². The smallest absolute Gasteiger partial charge is 0.159 e. The van der Waals surface area contributed by atoms with Gasteiger partial charge in [0.15, 0.2) is 5.78 Å². The van der Waals surface area contributed by atoms with Gasteiger partial charge in [-0.15, -0.1) is 0 Å². The van der Waals surface area contributed by atoms with E-state index >= 15 is 0 Å². The third-order valence-electron chi connectivity index (χ3n) is 2.61. The Morgan fingerprint density at radius 1 is 1.00 bits per heavy atom. The van der Waals surface area contributed by atoms with Crippen LogP contribution in [0.15, 0.2) is 48.5 Å². The van der Waals surface area contributed by atoms with Gasteiger partial charge in [-0.2, -0.15) is 0 Å². The van der Waals surface area contributed by atoms with Crippen LogP contribution in [0.4, 0.5) is 11.4 Å². The fourth-order valence-electron chi connectivity index (χ4n) is 1.62. The van der Waals surface area contributed by atoms with Crippen LogP contribution in [0.1, 0.15) is 22.8 Å². The van der Waals surface area contributed by atoms with Crippen LogP contribution in [-0.4, -0.2) is 5.78 Å². The highest BCUT2D eigenvalue weighted by Crippen LogP contribution is 2.18. The van der Waals surface area contributed by atoms with Gasteiger partial charge in [0.2, 0.25) is 0 Å². The maximum absolute atomic E-state index is 11.3. The molecule has 0 fully saturated rings. The van der Waals surface area contributed by atoms with Crippen LogP contribution in [0.5, 0.6) is 0 Å². The lowest BCUT2D eigenvalue weighted by molar-refractivity contribution is 0.101. The van der Waals surface area contributed by atoms with Crippen LogP contribution >= 0.6 is 0 Å². The lowest BCUT2D eigenvalue weighted by Gasteiger charge is -2.07. The summed E-state index contributed by atoms with van der Waals surface area (Å²) in [6.07, 6.45) is 0. The zero-order chi connectivity index (χ0) is 12.3. The Morgan fingerprint density at radius 2 is 1.71 bits per heavy atom. The maximum Gasteiger partial charge on any atom is 0.159 e. The van der Waals surface area contributed by atoms with Crippen LogP contribution < -0.4 is 5.32 Å². The van der Waals surface area contributed by atoms with E-state index in [-0.39, 0.29) is 5.78 Å². The topological polar surface area (TPSA) is 29.1 Å². The van der Waals surface area contributed by atoms with Crippen molar-refractivity contribution in [2.45, 2.75) is 13.8 Å². The molecule has 0 amide bonds. The minimum atomic E-state index is 0.0811. The van der Waals surface area contributed by atoms with Crippen molar-refractivity contribution in [2.24, 2.45) is 0 Å². The predicted molar refractivity (Wildman–Crippen MR) is 70.9 cm³/mol. The van der Waals surface area contributed by atoms with E-state index in [9.17, 15) is 4.79 Å². The van der Waals surface area contributed by atoms with E-state index in [2.05, 4.69) is 24.4 Å². The molecule has 0 spiro atoms. The zero-order valence-electron chi connectivity index (χ0n) is 10.0. The number of hydrogen-bond acceptors (Lipinski definition) is 2. The molecule has 0 saturated carbocycles. The second-order valence-electron chi connectivity index (χ2n) is 4.13. The molecule has 2 heteroatoms. The first-order valence-electron chi connectivity index (χ1n) is 5.60. The number of hydrogen-bond donors (Lipinski definition) is 1. The van der Waals surface area contributed by atoms with Crippen molar-refractivity contribution >= 4 is 17.2 Å². The molecule has 0 atom stereocenters. The van der Waals surface area contributed by atoms with Crippen LogP contribution in [0, 0.1) is 6.92 Å². The largest absolute Gasteiger partial charge is 0.356 e. The number of carbonyl (C=O) groups is 1. The molecule has 2 rings (SSSR count). The fourth-order valence-corrected chi connectivity index (χ4v) is 1.62. The van der Waals surface area contributed by atoms with E-state index in [0.29, 0.717) is 0 Å². The number of rotatable bonds is 3. The highest BCUT2D eigenvalue weighted by molar-refractivity contribution is 5.95. The van der Waals surface area contributed by atoms with E-state index in [1.807, 2.05) is 36.4 Å². The molecule has 0 heterocycles. The average Bonchev–Trinajstić information content (AvgIpc) is 2.32. The number of carbonyl (C=O) groups excluding carboxylic acids is 1. The van der Waals surface area contributed by atoms with E-state index in [1.165, 1.54) is 5.56 Å². The van der Waals surface area contributed by atoms with E-state index < -0.39 is 0 Å². The maximum atomic E-state index is 11.3. The molecule has 2 nitrogen and oxygen atoms in total. The number of anilines is 2. The normalized spacial score (nSPS) is 10.0. The van der Waals surface area contributed by atoms with Gasteiger partial charge in [-0.1, -0.05) is 29.8 Å². The van der Waals surface area contributed by atoms with E-state index in [0.717, 1.165) is 16.9 Å². The standard InChI is InChI=1S/C15H15NO/c1-11-6-8-14(9-7-11)16-15-5-3-4-13(10-15)12(2)17/h3-10,16H,1-2H3. The number of ketones is 1. The molecule has 0 unspecified atom stereocenters. The van der Waals surface area contributed by atoms with Crippen molar-refractivity contribution in [1.29, 1.82) is 0 Å². The summed E-state index contributed by atoms with van der Waals surface area (Å²) in [6, 6.07) is 15.7. The lowest BCUT2D eigenvalue weighted by Crippen LogP contribution is -1.95. The number of aryl methyl sites for hydroxylation is 1. The lowest BCUT2D eigenvalue weighted by atomic mass is 10.1. The molecular formula is C15H15NO. The summed E-state index contributed by atoms with van der Waals surface area (Å²) in [5, 5.41) is 3.27. The molecule has 0 aliphatic rings. The molecule has 17 heavy (non-hydrogen) atoms. The van der Waals surface area contributed by atoms with Gasteiger partial charge in [-0.3, -0.25) is 4.79 Å². The Morgan fingerprint density at radius 3 is 2.35 bits per heavy atom. The molecule has 2 aromatic rings. The molecule has 0 aromatic heterocycles. The first-order valence-corrected chi connectivity index (χ1v) is 5.60. The fraction of sp³-hybridized carbons (Fsp3) is 0.133. The molecule has 0 saturated heterocycles. The summed E-state index contributed by atoms with van der Waals surface area (Å²) < 4.78 is 0. The molecule has 1 N–H and O–H groups in total. The van der Waals surface area contributed by atoms with Gasteiger partial charge < -0.3 is 5.32 Å². The number of Topliss-reactive ketones (excluding diaryl/α,β-unsaturated/α-hetero) is 1. The van der Waals surface area contributed by atoms with Crippen LogP contribution in [0.25, 0.3) is 0 Å². The van der Waals surface area contributed by atoms with Crippen molar-refractivity contribution < 1.29 is 4.79 Å². The summed E-state index contributed by atoms with van der Waals surface area (Å²) in [6.45, 7) is 3.63. The molecule has 0 aliphatic heterocycles. The number of benzene rings is 2. The predicted octanol–water partition coefficient (Wildman–Crippen LogP) is 3.94. The van der Waals surface area contributed by atoms with Crippen molar-refractivity contribution in [1.82, 2.24) is 0 Å². The minimum Gasteiger partial charge on any atom is -0.356 e. The summed E-state index contributed by atoms with van der Waals surface area (Å²) in [4.78, 5) is 11.3. The monoisotopic (exact) mass is 225 g/mol. The van der Waals surface area contributed by atoms with Crippen LogP contribution in [-0.2, 0) is 0 Å². The molecule has 0 aliphatic carbocycles. The summed E-state index contributed by atoms with van der Waals surface area (Å²) in [5.74, 6) is 0.0811. The van der Waals surface area contributed by atoms with Crippen LogP contribution in [0.3, 0.4) is 0 Å². The Labute approximate surface area is 101 Å². The van der Waals surface area contributed by atoms with Gasteiger partial charge >= 0.3 is 0 Å². The molecule has 0 bridgehead atoms. The Kier molecular flexibility index (Phi) is 3.24. The van der Waals surface area contributed by atoms with Gasteiger partial charge in [0, 0.05) is 16.9 Å². The zero-order valence-corrected chi connectivity index (χ0v) is 10.0. The Bertz CT molecular complexity index is 529. The molecule has 86 valence electrons. The molecule has 0 radical (unpaired) electrons. The van der Waals surface area contributed by atoms with Crippen molar-refractivity contribution in [3.8, 4) is 0 Å². The second kappa shape index (κ2) is 4.83. The minimum absolute atomic E-state index is 0.0811. The Balaban J connectivity index is 2.21. The van der Waals surface area contributed by atoms with Crippen molar-refractivity contribution in [3.05, 3.63) is 59.7 Å². The number of nitrogens with one attached hydrogen (secondary N) is 1. The first kappa shape index (κ1) is 11.4. The van der Waals surface area contributed by atoms with E-state index in [1.54, 1.807) is 6.92 Å². The third kappa shape index (κ3) is 2.94. The summed E-state index contributed by atoms with van der Waals surface area (Å²) in [7, 11) is 0. The quantitative estimate of drug-likeness (QED) is 0.801. The van der Waals surface area contributed by atoms with Crippen molar-refractivity contribution in [2.75, 3.05) is 5.32 Å². The SMILES string of the molecule is CC(=O)c1cccc(Nc2ccc(C)cc2)c1. The summed E-state index contributed by atoms with van der Waals surface area (Å²) >= 11 is 0. The average molecular weight is 225 g/mol. The van der Waals surface area contributed by atoms with Gasteiger partial charge in [0.05, 0.1) is 0 Å². The highest BCUT2D eigenvalue weighted by Gasteiger charge is 2.00. The Hall–Kier alpha value is -2.09. The molecular weight excluding hydrogens is 210 g/mol. The van der Waals surface area contributed by atoms with Crippen LogP contribution in [0.2, 0.25) is 0 Å². The van der Waals surface area contributed by atoms with Crippen molar-refractivity contribution in [3.63, 3.8) is 0 Å². The first-order chi connectivity index (χ1) is 8.15. The van der Waals surface area contributed by atoms with Gasteiger partial charge in [-0.05, 0) is 38.1 Å². The van der Waals surface area contributed by atoms with Gasteiger partial charge in [-0.25, -0.2) is 0 Å². The second-order valence-corrected chi connectivity index (χ2v) is 4.13.